The number of hydrogen-bond acceptors (Lipinski definition) is 5. The fraction of sp³-hybridized carbons (Fsp3) is 0.276. The monoisotopic (exact) mass is 501 g/mol. The summed E-state index contributed by atoms with van der Waals surface area (Å²) in [7, 11) is 3.12. The molecule has 0 aliphatic carbocycles. The number of aryl methyl sites for hydroxylation is 2. The van der Waals surface area contributed by atoms with Crippen molar-refractivity contribution in [3.05, 3.63) is 104 Å². The number of methoxy groups -OCH3 is 2. The minimum Gasteiger partial charge on any atom is -0.493 e. The van der Waals surface area contributed by atoms with E-state index in [0.29, 0.717) is 34.4 Å². The first-order chi connectivity index (χ1) is 17.9. The van der Waals surface area contributed by atoms with Gasteiger partial charge in [0.2, 0.25) is 0 Å². The Morgan fingerprint density at radius 1 is 0.919 bits per heavy atom. The van der Waals surface area contributed by atoms with E-state index in [1.54, 1.807) is 38.5 Å². The van der Waals surface area contributed by atoms with Crippen LogP contribution in [-0.2, 0) is 19.4 Å². The van der Waals surface area contributed by atoms with E-state index >= 15 is 0 Å². The minimum absolute atomic E-state index is 0.0352. The molecule has 8 heteroatoms. The van der Waals surface area contributed by atoms with Gasteiger partial charge < -0.3 is 19.8 Å². The molecule has 4 rings (SSSR count). The number of amides is 1. The topological polar surface area (TPSA) is 102 Å². The van der Waals surface area contributed by atoms with Crippen molar-refractivity contribution in [2.75, 3.05) is 14.2 Å². The quantitative estimate of drug-likeness (QED) is 0.345. The van der Waals surface area contributed by atoms with E-state index in [-0.39, 0.29) is 18.5 Å². The summed E-state index contributed by atoms with van der Waals surface area (Å²) in [4.78, 5) is 41.4. The fourth-order valence-electron chi connectivity index (χ4n) is 4.28. The molecular formula is C29H31N3O5. The van der Waals surface area contributed by atoms with Crippen LogP contribution >= 0.6 is 0 Å². The Hall–Kier alpha value is -4.33. The van der Waals surface area contributed by atoms with Gasteiger partial charge in [-0.1, -0.05) is 36.4 Å². The SMILES string of the molecule is COc1ccc(CCn2c(=O)[nH]c3cc(C(=O)NC(C)CCc4ccccc4)ccc3c2=O)cc1OC. The molecule has 192 valence electrons. The molecule has 0 saturated heterocycles. The van der Waals surface area contributed by atoms with Gasteiger partial charge in [-0.2, -0.15) is 0 Å². The molecule has 4 aromatic rings. The number of H-pyrrole nitrogens is 1. The van der Waals surface area contributed by atoms with Crippen LogP contribution in [0.5, 0.6) is 11.5 Å². The van der Waals surface area contributed by atoms with Crippen LogP contribution in [0, 0.1) is 0 Å². The summed E-state index contributed by atoms with van der Waals surface area (Å²) < 4.78 is 11.8. The lowest BCUT2D eigenvalue weighted by Crippen LogP contribution is -2.36. The van der Waals surface area contributed by atoms with E-state index in [4.69, 9.17) is 9.47 Å². The molecule has 0 spiro atoms. The number of nitrogens with zero attached hydrogens (tertiary/aromatic N) is 1. The fourth-order valence-corrected chi connectivity index (χ4v) is 4.28. The Kier molecular flexibility index (Phi) is 8.08. The maximum Gasteiger partial charge on any atom is 0.328 e. The first-order valence-corrected chi connectivity index (χ1v) is 12.2. The predicted molar refractivity (Wildman–Crippen MR) is 144 cm³/mol. The average Bonchev–Trinajstić information content (AvgIpc) is 2.91. The highest BCUT2D eigenvalue weighted by Crippen LogP contribution is 2.27. The third kappa shape index (κ3) is 6.09. The van der Waals surface area contributed by atoms with Crippen LogP contribution in [0.15, 0.2) is 76.3 Å². The summed E-state index contributed by atoms with van der Waals surface area (Å²) in [6.07, 6.45) is 2.11. The molecule has 8 nitrogen and oxygen atoms in total. The molecule has 0 saturated carbocycles. The molecule has 0 fully saturated rings. The van der Waals surface area contributed by atoms with Crippen molar-refractivity contribution in [2.45, 2.75) is 38.8 Å². The predicted octanol–water partition coefficient (Wildman–Crippen LogP) is 3.70. The summed E-state index contributed by atoms with van der Waals surface area (Å²) in [5.74, 6) is 0.943. The second kappa shape index (κ2) is 11.6. The van der Waals surface area contributed by atoms with Gasteiger partial charge in [0.25, 0.3) is 11.5 Å². The molecule has 1 unspecified atom stereocenters. The van der Waals surface area contributed by atoms with Gasteiger partial charge in [-0.15, -0.1) is 0 Å². The first kappa shape index (κ1) is 25.8. The highest BCUT2D eigenvalue weighted by Gasteiger charge is 2.14. The molecule has 0 radical (unpaired) electrons. The van der Waals surface area contributed by atoms with E-state index in [2.05, 4.69) is 22.4 Å². The van der Waals surface area contributed by atoms with Gasteiger partial charge in [0, 0.05) is 18.2 Å². The molecule has 1 atom stereocenters. The first-order valence-electron chi connectivity index (χ1n) is 12.2. The molecule has 0 bridgehead atoms. The van der Waals surface area contributed by atoms with E-state index in [9.17, 15) is 14.4 Å². The number of aromatic nitrogens is 2. The lowest BCUT2D eigenvalue weighted by molar-refractivity contribution is 0.0938. The molecular weight excluding hydrogens is 470 g/mol. The minimum atomic E-state index is -0.522. The van der Waals surface area contributed by atoms with Gasteiger partial charge in [-0.3, -0.25) is 14.2 Å². The number of benzene rings is 3. The Labute approximate surface area is 214 Å². The summed E-state index contributed by atoms with van der Waals surface area (Å²) in [6.45, 7) is 2.15. The van der Waals surface area contributed by atoms with E-state index in [0.717, 1.165) is 18.4 Å². The summed E-state index contributed by atoms with van der Waals surface area (Å²) in [5.41, 5.74) is 1.92. The van der Waals surface area contributed by atoms with Crippen molar-refractivity contribution in [3.8, 4) is 11.5 Å². The molecule has 0 aliphatic heterocycles. The van der Waals surface area contributed by atoms with Crippen molar-refractivity contribution >= 4 is 16.8 Å². The van der Waals surface area contributed by atoms with Crippen LogP contribution in [-0.4, -0.2) is 35.7 Å². The Bertz CT molecular complexity index is 1510. The van der Waals surface area contributed by atoms with Crippen LogP contribution in [0.4, 0.5) is 0 Å². The van der Waals surface area contributed by atoms with Crippen molar-refractivity contribution < 1.29 is 14.3 Å². The van der Waals surface area contributed by atoms with E-state index in [1.807, 2.05) is 37.3 Å². The largest absolute Gasteiger partial charge is 0.493 e. The van der Waals surface area contributed by atoms with Crippen LogP contribution in [0.1, 0.15) is 34.8 Å². The number of hydrogen-bond donors (Lipinski definition) is 2. The normalized spacial score (nSPS) is 11.8. The zero-order valence-electron chi connectivity index (χ0n) is 21.2. The van der Waals surface area contributed by atoms with E-state index < -0.39 is 11.2 Å². The molecule has 1 heterocycles. The lowest BCUT2D eigenvalue weighted by atomic mass is 10.1. The Morgan fingerprint density at radius 3 is 2.41 bits per heavy atom. The van der Waals surface area contributed by atoms with Gasteiger partial charge in [-0.05, 0) is 67.6 Å². The van der Waals surface area contributed by atoms with Crippen LogP contribution in [0.3, 0.4) is 0 Å². The standard InChI is InChI=1S/C29H31N3O5/c1-19(9-10-20-7-5-4-6-8-20)30-27(33)22-12-13-23-24(18-22)31-29(35)32(28(23)34)16-15-21-11-14-25(36-2)26(17-21)37-3/h4-8,11-14,17-19H,9-10,15-16H2,1-3H3,(H,30,33)(H,31,35). The third-order valence-corrected chi connectivity index (χ3v) is 6.40. The van der Waals surface area contributed by atoms with Crippen molar-refractivity contribution in [2.24, 2.45) is 0 Å². The lowest BCUT2D eigenvalue weighted by Gasteiger charge is -2.14. The number of carbonyl (C=O) groups excluding carboxylic acids is 1. The molecule has 2 N–H and O–H groups in total. The van der Waals surface area contributed by atoms with Gasteiger partial charge >= 0.3 is 5.69 Å². The molecule has 3 aromatic carbocycles. The smallest absolute Gasteiger partial charge is 0.328 e. The third-order valence-electron chi connectivity index (χ3n) is 6.40. The second-order valence-corrected chi connectivity index (χ2v) is 8.99. The molecule has 0 aliphatic rings. The summed E-state index contributed by atoms with van der Waals surface area (Å²) in [6, 6.07) is 20.3. The van der Waals surface area contributed by atoms with Gasteiger partial charge in [-0.25, -0.2) is 4.79 Å². The number of ether oxygens (including phenoxy) is 2. The molecule has 37 heavy (non-hydrogen) atoms. The number of rotatable bonds is 10. The highest BCUT2D eigenvalue weighted by molar-refractivity contribution is 5.97. The van der Waals surface area contributed by atoms with Gasteiger partial charge in [0.05, 0.1) is 25.1 Å². The zero-order valence-corrected chi connectivity index (χ0v) is 21.2. The van der Waals surface area contributed by atoms with Crippen LogP contribution in [0.2, 0.25) is 0 Å². The Morgan fingerprint density at radius 2 is 1.68 bits per heavy atom. The second-order valence-electron chi connectivity index (χ2n) is 8.99. The number of fused-ring (bicyclic) bond motifs is 1. The average molecular weight is 502 g/mol. The Balaban J connectivity index is 1.46. The summed E-state index contributed by atoms with van der Waals surface area (Å²) >= 11 is 0. The highest BCUT2D eigenvalue weighted by atomic mass is 16.5. The van der Waals surface area contributed by atoms with Crippen molar-refractivity contribution in [1.29, 1.82) is 0 Å². The maximum absolute atomic E-state index is 13.1. The molecule has 1 amide bonds. The van der Waals surface area contributed by atoms with Gasteiger partial charge in [0.15, 0.2) is 11.5 Å². The number of nitrogens with one attached hydrogen (secondary N) is 2. The van der Waals surface area contributed by atoms with Crippen molar-refractivity contribution in [1.82, 2.24) is 14.9 Å². The van der Waals surface area contributed by atoms with Crippen LogP contribution < -0.4 is 26.0 Å². The zero-order chi connectivity index (χ0) is 26.4. The van der Waals surface area contributed by atoms with Crippen molar-refractivity contribution in [3.63, 3.8) is 0 Å². The molecule has 1 aromatic heterocycles. The van der Waals surface area contributed by atoms with E-state index in [1.165, 1.54) is 10.1 Å². The van der Waals surface area contributed by atoms with Crippen LogP contribution in [0.25, 0.3) is 10.9 Å². The van der Waals surface area contributed by atoms with Gasteiger partial charge in [0.1, 0.15) is 0 Å². The summed E-state index contributed by atoms with van der Waals surface area (Å²) in [5, 5.41) is 3.34. The number of carbonyl (C=O) groups is 1. The number of aromatic amines is 1. The maximum atomic E-state index is 13.1.